The zero-order valence-electron chi connectivity index (χ0n) is 24.7. The Hall–Kier alpha value is -3.35. The second kappa shape index (κ2) is 18.2. The van der Waals surface area contributed by atoms with Gasteiger partial charge in [0, 0.05) is 48.5 Å². The molecule has 2 fully saturated rings. The van der Waals surface area contributed by atoms with E-state index in [4.69, 9.17) is 27.5 Å². The molecule has 0 aromatic heterocycles. The highest BCUT2D eigenvalue weighted by atomic mass is 35.5. The highest BCUT2D eigenvalue weighted by Gasteiger charge is 2.32. The molecule has 1 aliphatic heterocycles. The van der Waals surface area contributed by atoms with Crippen LogP contribution in [0.25, 0.3) is 0 Å². The van der Waals surface area contributed by atoms with Crippen molar-refractivity contribution < 1.29 is 23.8 Å². The molecule has 1 saturated carbocycles. The van der Waals surface area contributed by atoms with E-state index in [1.54, 1.807) is 0 Å². The molecule has 3 rings (SSSR count). The van der Waals surface area contributed by atoms with Gasteiger partial charge in [0.15, 0.2) is 0 Å². The third-order valence-electron chi connectivity index (χ3n) is 7.59. The van der Waals surface area contributed by atoms with E-state index in [-0.39, 0.29) is 37.3 Å². The number of likely N-dealkylation sites (tertiary alicyclic amines) is 1. The Morgan fingerprint density at radius 3 is 2.67 bits per heavy atom. The minimum absolute atomic E-state index is 0.0219. The predicted molar refractivity (Wildman–Crippen MR) is 163 cm³/mol. The van der Waals surface area contributed by atoms with E-state index in [1.165, 1.54) is 32.1 Å². The number of hydrogen-bond donors (Lipinski definition) is 1. The Balaban J connectivity index is 1.60. The number of piperidine rings is 1. The zero-order chi connectivity index (χ0) is 30.2. The van der Waals surface area contributed by atoms with Crippen LogP contribution in [0.1, 0.15) is 63.0 Å². The van der Waals surface area contributed by atoms with Crippen LogP contribution in [0.4, 0.5) is 9.59 Å². The average molecular weight is 596 g/mol. The smallest absolute Gasteiger partial charge is 0.431 e. The number of nitrogens with one attached hydrogen (secondary N) is 1. The fourth-order valence-corrected chi connectivity index (χ4v) is 6.03. The van der Waals surface area contributed by atoms with Crippen molar-refractivity contribution in [1.82, 2.24) is 15.1 Å². The Morgan fingerprint density at radius 2 is 1.93 bits per heavy atom. The molecule has 1 N–H and O–H groups in total. The average Bonchev–Trinajstić information content (AvgIpc) is 2.97. The zero-order valence-corrected chi connectivity index (χ0v) is 25.5. The quantitative estimate of drug-likeness (QED) is 0.208. The summed E-state index contributed by atoms with van der Waals surface area (Å²) in [5, 5.41) is 3.95. The lowest BCUT2D eigenvalue weighted by molar-refractivity contribution is -0.0310. The Bertz CT molecular complexity index is 1190. The SMILES string of the molecule is C#CC#CC#COC(=O)OCCO[C@@H](c1cccc(Cl)c1)[C@@H]1CCCN(C(=O)N[C@@H](CC2CCCCC2)CN(C)C)C1. The first-order valence-corrected chi connectivity index (χ1v) is 15.1. The number of terminal acetylenes is 1. The number of likely N-dealkylation sites (N-methyl/N-ethyl adjacent to an activating group) is 1. The molecular weight excluding hydrogens is 554 g/mol. The molecule has 0 radical (unpaired) electrons. The van der Waals surface area contributed by atoms with Crippen LogP contribution >= 0.6 is 11.6 Å². The van der Waals surface area contributed by atoms with E-state index in [0.717, 1.165) is 31.4 Å². The third kappa shape index (κ3) is 11.9. The lowest BCUT2D eigenvalue weighted by Gasteiger charge is -2.38. The summed E-state index contributed by atoms with van der Waals surface area (Å²) in [5.41, 5.74) is 0.915. The number of carbonyl (C=O) groups excluding carboxylic acids is 2. The van der Waals surface area contributed by atoms with Gasteiger partial charge in [-0.25, -0.2) is 9.59 Å². The summed E-state index contributed by atoms with van der Waals surface area (Å²) in [6, 6.07) is 7.63. The van der Waals surface area contributed by atoms with E-state index < -0.39 is 6.16 Å². The Labute approximate surface area is 255 Å². The van der Waals surface area contributed by atoms with Crippen LogP contribution in [0.15, 0.2) is 24.3 Å². The van der Waals surface area contributed by atoms with Crippen molar-refractivity contribution in [3.8, 4) is 36.2 Å². The largest absolute Gasteiger partial charge is 0.522 e. The van der Waals surface area contributed by atoms with Crippen LogP contribution < -0.4 is 5.32 Å². The lowest BCUT2D eigenvalue weighted by atomic mass is 9.84. The van der Waals surface area contributed by atoms with Crippen LogP contribution in [-0.4, -0.2) is 75.0 Å². The van der Waals surface area contributed by atoms with Gasteiger partial charge in [-0.05, 0) is 68.8 Å². The number of benzene rings is 1. The highest BCUT2D eigenvalue weighted by Crippen LogP contribution is 2.34. The molecule has 1 heterocycles. The minimum Gasteiger partial charge on any atom is -0.431 e. The fraction of sp³-hybridized carbons (Fsp3) is 0.576. The summed E-state index contributed by atoms with van der Waals surface area (Å²) in [7, 11) is 4.10. The first-order valence-electron chi connectivity index (χ1n) is 14.7. The number of hydrogen-bond acceptors (Lipinski definition) is 6. The van der Waals surface area contributed by atoms with Crippen molar-refractivity contribution in [1.29, 1.82) is 0 Å². The molecule has 1 aromatic rings. The molecule has 0 spiro atoms. The number of rotatable bonds is 11. The van der Waals surface area contributed by atoms with Crippen LogP contribution in [0, 0.1) is 48.0 Å². The van der Waals surface area contributed by atoms with E-state index in [2.05, 4.69) is 58.8 Å². The topological polar surface area (TPSA) is 80.3 Å². The van der Waals surface area contributed by atoms with Gasteiger partial charge in [-0.15, -0.1) is 6.42 Å². The minimum atomic E-state index is -0.950. The molecule has 1 saturated heterocycles. The number of amides is 2. The van der Waals surface area contributed by atoms with E-state index >= 15 is 0 Å². The van der Waals surface area contributed by atoms with Gasteiger partial charge in [-0.2, -0.15) is 0 Å². The van der Waals surface area contributed by atoms with Gasteiger partial charge in [0.2, 0.25) is 0 Å². The van der Waals surface area contributed by atoms with E-state index in [1.807, 2.05) is 29.2 Å². The van der Waals surface area contributed by atoms with Crippen LogP contribution in [-0.2, 0) is 14.2 Å². The molecule has 2 amide bonds. The molecule has 1 aromatic carbocycles. The summed E-state index contributed by atoms with van der Waals surface area (Å²) >= 11 is 6.32. The fourth-order valence-electron chi connectivity index (χ4n) is 5.83. The maximum Gasteiger partial charge on any atom is 0.522 e. The van der Waals surface area contributed by atoms with Gasteiger partial charge in [0.1, 0.15) is 12.7 Å². The summed E-state index contributed by atoms with van der Waals surface area (Å²) in [5.74, 6) is 9.73. The van der Waals surface area contributed by atoms with Gasteiger partial charge in [-0.3, -0.25) is 0 Å². The summed E-state index contributed by atoms with van der Waals surface area (Å²) in [6.45, 7) is 2.17. The normalized spacial score (nSPS) is 18.4. The lowest BCUT2D eigenvalue weighted by Crippen LogP contribution is -2.52. The number of nitrogens with zero attached hydrogens (tertiary/aromatic N) is 2. The second-order valence-corrected chi connectivity index (χ2v) is 11.6. The number of carbonyl (C=O) groups is 2. The van der Waals surface area contributed by atoms with Gasteiger partial charge in [-0.1, -0.05) is 55.8 Å². The molecule has 0 unspecified atom stereocenters. The van der Waals surface area contributed by atoms with Crippen molar-refractivity contribution in [2.75, 3.05) is 46.9 Å². The second-order valence-electron chi connectivity index (χ2n) is 11.2. The standard InChI is InChI=1S/C33H42ClN3O5/c1-4-5-6-10-19-41-33(39)42-21-20-40-31(27-15-11-17-29(34)23-27)28-16-12-18-37(24-28)32(38)35-30(25-36(2)3)22-26-13-8-7-9-14-26/h1,11,15,17,23,26,28,30-31H,7-9,12-14,16,18,20-22,24-25H2,2-3H3,(H,35,38)/t28-,30+,31+/m1/s1. The predicted octanol–water partition coefficient (Wildman–Crippen LogP) is 5.47. The van der Waals surface area contributed by atoms with Crippen LogP contribution in [0.3, 0.4) is 0 Å². The van der Waals surface area contributed by atoms with Gasteiger partial charge in [0.05, 0.1) is 12.7 Å². The number of halogens is 1. The van der Waals surface area contributed by atoms with Crippen molar-refractivity contribution in [2.45, 2.75) is 63.5 Å². The molecule has 9 heteroatoms. The molecule has 226 valence electrons. The van der Waals surface area contributed by atoms with Gasteiger partial charge >= 0.3 is 12.2 Å². The summed E-state index contributed by atoms with van der Waals surface area (Å²) in [6.07, 6.45) is 15.0. The highest BCUT2D eigenvalue weighted by molar-refractivity contribution is 6.30. The van der Waals surface area contributed by atoms with Gasteiger partial charge < -0.3 is 29.3 Å². The molecule has 3 atom stereocenters. The molecule has 0 bridgehead atoms. The maximum absolute atomic E-state index is 13.5. The number of urea groups is 1. The molecule has 1 aliphatic carbocycles. The van der Waals surface area contributed by atoms with E-state index in [9.17, 15) is 9.59 Å². The monoisotopic (exact) mass is 595 g/mol. The third-order valence-corrected chi connectivity index (χ3v) is 7.82. The van der Waals surface area contributed by atoms with Crippen molar-refractivity contribution in [3.63, 3.8) is 0 Å². The summed E-state index contributed by atoms with van der Waals surface area (Å²) in [4.78, 5) is 29.3. The van der Waals surface area contributed by atoms with Crippen molar-refractivity contribution >= 4 is 23.8 Å². The molecule has 42 heavy (non-hydrogen) atoms. The Kier molecular flexibility index (Phi) is 14.4. The maximum atomic E-state index is 13.5. The summed E-state index contributed by atoms with van der Waals surface area (Å²) < 4.78 is 16.0. The van der Waals surface area contributed by atoms with Crippen LogP contribution in [0.2, 0.25) is 5.02 Å². The number of ether oxygens (including phenoxy) is 3. The van der Waals surface area contributed by atoms with Crippen molar-refractivity contribution in [2.24, 2.45) is 11.8 Å². The van der Waals surface area contributed by atoms with Gasteiger partial charge in [0.25, 0.3) is 0 Å². The molecular formula is C33H42ClN3O5. The van der Waals surface area contributed by atoms with Crippen LogP contribution in [0.5, 0.6) is 0 Å². The van der Waals surface area contributed by atoms with Crippen molar-refractivity contribution in [3.05, 3.63) is 34.9 Å². The Morgan fingerprint density at radius 1 is 1.12 bits per heavy atom. The molecule has 8 nitrogen and oxygen atoms in total. The first-order chi connectivity index (χ1) is 20.4. The molecule has 2 aliphatic rings. The van der Waals surface area contributed by atoms with E-state index in [0.29, 0.717) is 24.0 Å². The first kappa shape index (κ1) is 33.2.